The molecule has 1 aliphatic heterocycles. The van der Waals surface area contributed by atoms with E-state index in [2.05, 4.69) is 10.3 Å². The Hall–Kier alpha value is -2.23. The lowest BCUT2D eigenvalue weighted by atomic mass is 10.2. The van der Waals surface area contributed by atoms with E-state index < -0.39 is 11.9 Å². The van der Waals surface area contributed by atoms with Crippen molar-refractivity contribution >= 4 is 23.5 Å². The van der Waals surface area contributed by atoms with Crippen LogP contribution in [0.2, 0.25) is 0 Å². The second-order valence-electron chi connectivity index (χ2n) is 5.25. The van der Waals surface area contributed by atoms with Crippen molar-refractivity contribution in [3.8, 4) is 0 Å². The predicted octanol–water partition coefficient (Wildman–Crippen LogP) is -0.0995. The van der Waals surface area contributed by atoms with Gasteiger partial charge in [-0.15, -0.1) is 11.8 Å². The number of carbonyl (C=O) groups excluding carboxylic acids is 1. The molecule has 0 radical (unpaired) electrons. The maximum atomic E-state index is 12.2. The molecule has 2 N–H and O–H groups in total. The van der Waals surface area contributed by atoms with E-state index >= 15 is 0 Å². The Kier molecular flexibility index (Phi) is 4.93. The molecule has 0 bridgehead atoms. The minimum Gasteiger partial charge on any atom is -0.393 e. The molecule has 2 aromatic heterocycles. The lowest BCUT2D eigenvalue weighted by molar-refractivity contribution is -0.671. The smallest absolute Gasteiger partial charge is 0.351 e. The molecule has 126 valence electrons. The van der Waals surface area contributed by atoms with Crippen LogP contribution in [0, 0.1) is 0 Å². The van der Waals surface area contributed by atoms with Crippen molar-refractivity contribution in [3.05, 3.63) is 52.8 Å². The number of nitrogens with zero attached hydrogens (tertiary/aromatic N) is 3. The Labute approximate surface area is 142 Å². The van der Waals surface area contributed by atoms with Crippen molar-refractivity contribution in [3.63, 3.8) is 0 Å². The fourth-order valence-corrected chi connectivity index (χ4v) is 3.23. The highest BCUT2D eigenvalue weighted by Gasteiger charge is 2.27. The quantitative estimate of drug-likeness (QED) is 0.748. The van der Waals surface area contributed by atoms with Crippen molar-refractivity contribution in [2.24, 2.45) is 7.05 Å². The van der Waals surface area contributed by atoms with Gasteiger partial charge in [0.25, 0.3) is 5.91 Å². The summed E-state index contributed by atoms with van der Waals surface area (Å²) >= 11 is 1.44. The third-order valence-corrected chi connectivity index (χ3v) is 4.58. The third kappa shape index (κ3) is 3.64. The minimum atomic E-state index is -0.518. The molecule has 0 aromatic carbocycles. The van der Waals surface area contributed by atoms with Gasteiger partial charge in [0.15, 0.2) is 12.4 Å². The Bertz CT molecular complexity index is 810. The third-order valence-electron chi connectivity index (χ3n) is 3.47. The van der Waals surface area contributed by atoms with E-state index in [9.17, 15) is 9.59 Å². The van der Waals surface area contributed by atoms with E-state index in [1.54, 1.807) is 29.0 Å². The summed E-state index contributed by atoms with van der Waals surface area (Å²) in [6, 6.07) is 4.98. The summed E-state index contributed by atoms with van der Waals surface area (Å²) in [6.07, 6.45) is 4.55. The number of aliphatic hydroxyl groups excluding tert-OH is 1. The van der Waals surface area contributed by atoms with Gasteiger partial charge in [0.2, 0.25) is 0 Å². The maximum absolute atomic E-state index is 12.2. The molecule has 0 saturated carbocycles. The Morgan fingerprint density at radius 1 is 1.58 bits per heavy atom. The Balaban J connectivity index is 1.73. The first kappa shape index (κ1) is 16.6. The standard InChI is InChI=1S/C15H16N4O4S/c1-18-5-2-3-10(7-18)14(21)16-11-4-6-19(15(22)17-11)12-9-24-13(8-20)23-12/h2-7,12-13,20H,8-9H2,1H3/p+1. The number of rotatable bonds is 4. The number of aryl methyl sites for hydroxylation is 1. The zero-order valence-corrected chi connectivity index (χ0v) is 13.8. The number of pyridine rings is 1. The molecule has 1 fully saturated rings. The SMILES string of the molecule is C[n+]1cccc(C(=O)Nc2ccn(C3CSC(CO)O3)c(=O)n2)c1. The van der Waals surface area contributed by atoms with Crippen LogP contribution in [0.3, 0.4) is 0 Å². The van der Waals surface area contributed by atoms with Crippen molar-refractivity contribution in [2.75, 3.05) is 17.7 Å². The Morgan fingerprint density at radius 3 is 3.08 bits per heavy atom. The van der Waals surface area contributed by atoms with Gasteiger partial charge < -0.3 is 15.2 Å². The molecule has 8 nitrogen and oxygen atoms in total. The largest absolute Gasteiger partial charge is 0.393 e. The van der Waals surface area contributed by atoms with E-state index in [4.69, 9.17) is 9.84 Å². The van der Waals surface area contributed by atoms with Crippen molar-refractivity contribution in [1.82, 2.24) is 9.55 Å². The molecule has 0 spiro atoms. The van der Waals surface area contributed by atoms with Crippen LogP contribution in [-0.2, 0) is 11.8 Å². The number of aromatic nitrogens is 3. The molecule has 2 aromatic rings. The molecule has 1 saturated heterocycles. The first-order valence-electron chi connectivity index (χ1n) is 7.30. The number of hydrogen-bond donors (Lipinski definition) is 2. The zero-order valence-electron chi connectivity index (χ0n) is 13.0. The van der Waals surface area contributed by atoms with Gasteiger partial charge in [0, 0.05) is 18.0 Å². The van der Waals surface area contributed by atoms with Crippen LogP contribution in [0.15, 0.2) is 41.6 Å². The van der Waals surface area contributed by atoms with Gasteiger partial charge in [-0.1, -0.05) is 0 Å². The van der Waals surface area contributed by atoms with Crippen molar-refractivity contribution < 1.29 is 19.2 Å². The maximum Gasteiger partial charge on any atom is 0.351 e. The summed E-state index contributed by atoms with van der Waals surface area (Å²) in [7, 11) is 1.81. The average molecular weight is 349 g/mol. The van der Waals surface area contributed by atoms with Crippen molar-refractivity contribution in [1.29, 1.82) is 0 Å². The molecule has 1 aliphatic rings. The monoisotopic (exact) mass is 349 g/mol. The number of carbonyl (C=O) groups is 1. The number of amides is 1. The van der Waals surface area contributed by atoms with Crippen molar-refractivity contribution in [2.45, 2.75) is 11.7 Å². The van der Waals surface area contributed by atoms with Crippen LogP contribution < -0.4 is 15.6 Å². The molecule has 3 heterocycles. The lowest BCUT2D eigenvalue weighted by Crippen LogP contribution is -2.30. The summed E-state index contributed by atoms with van der Waals surface area (Å²) in [5.74, 6) is 0.389. The summed E-state index contributed by atoms with van der Waals surface area (Å²) < 4.78 is 8.63. The fraction of sp³-hybridized carbons (Fsp3) is 0.333. The van der Waals surface area contributed by atoms with Gasteiger partial charge in [0.05, 0.1) is 6.61 Å². The van der Waals surface area contributed by atoms with Crippen LogP contribution in [-0.4, -0.2) is 38.4 Å². The van der Waals surface area contributed by atoms with Gasteiger partial charge in [-0.05, 0) is 12.1 Å². The highest BCUT2D eigenvalue weighted by molar-refractivity contribution is 8.00. The fourth-order valence-electron chi connectivity index (χ4n) is 2.30. The van der Waals surface area contributed by atoms with Crippen LogP contribution in [0.25, 0.3) is 0 Å². The van der Waals surface area contributed by atoms with Gasteiger partial charge in [0.1, 0.15) is 30.1 Å². The molecule has 2 unspecified atom stereocenters. The molecule has 3 rings (SSSR count). The second-order valence-corrected chi connectivity index (χ2v) is 6.44. The molecule has 2 atom stereocenters. The second kappa shape index (κ2) is 7.12. The van der Waals surface area contributed by atoms with Crippen LogP contribution in [0.4, 0.5) is 5.82 Å². The van der Waals surface area contributed by atoms with Gasteiger partial charge >= 0.3 is 5.69 Å². The van der Waals surface area contributed by atoms with E-state index in [0.717, 1.165) is 0 Å². The number of nitrogens with one attached hydrogen (secondary N) is 1. The molecule has 24 heavy (non-hydrogen) atoms. The molecule has 9 heteroatoms. The molecule has 0 aliphatic carbocycles. The van der Waals surface area contributed by atoms with E-state index in [1.807, 2.05) is 13.2 Å². The lowest BCUT2D eigenvalue weighted by Gasteiger charge is -2.13. The average Bonchev–Trinajstić information content (AvgIpc) is 3.04. The number of anilines is 1. The number of thioether (sulfide) groups is 1. The van der Waals surface area contributed by atoms with Crippen LogP contribution in [0.1, 0.15) is 16.6 Å². The first-order valence-corrected chi connectivity index (χ1v) is 8.35. The zero-order chi connectivity index (χ0) is 17.1. The minimum absolute atomic E-state index is 0.105. The van der Waals surface area contributed by atoms with Gasteiger partial charge in [-0.2, -0.15) is 4.98 Å². The molecule has 1 amide bonds. The van der Waals surface area contributed by atoms with Crippen LogP contribution in [0.5, 0.6) is 0 Å². The summed E-state index contributed by atoms with van der Waals surface area (Å²) in [5.41, 5.74) is -0.386. The predicted molar refractivity (Wildman–Crippen MR) is 87.5 cm³/mol. The summed E-state index contributed by atoms with van der Waals surface area (Å²) in [6.45, 7) is -0.105. The topological polar surface area (TPSA) is 97.3 Å². The van der Waals surface area contributed by atoms with Gasteiger partial charge in [-0.25, -0.2) is 9.36 Å². The molecular formula is C15H17N4O4S+. The number of aliphatic hydroxyl groups is 1. The molecular weight excluding hydrogens is 332 g/mol. The van der Waals surface area contributed by atoms with E-state index in [0.29, 0.717) is 11.3 Å². The van der Waals surface area contributed by atoms with Gasteiger partial charge in [-0.3, -0.25) is 9.36 Å². The van der Waals surface area contributed by atoms with Crippen LogP contribution >= 0.6 is 11.8 Å². The summed E-state index contributed by atoms with van der Waals surface area (Å²) in [4.78, 5) is 28.2. The number of ether oxygens (including phenoxy) is 1. The highest BCUT2D eigenvalue weighted by Crippen LogP contribution is 2.30. The first-order chi connectivity index (χ1) is 11.6. The summed E-state index contributed by atoms with van der Waals surface area (Å²) in [5, 5.41) is 11.7. The highest BCUT2D eigenvalue weighted by atomic mass is 32.2. The number of hydrogen-bond acceptors (Lipinski definition) is 6. The van der Waals surface area contributed by atoms with E-state index in [-0.39, 0.29) is 23.8 Å². The van der Waals surface area contributed by atoms with E-state index in [1.165, 1.54) is 22.5 Å². The normalized spacial score (nSPS) is 20.1. The Morgan fingerprint density at radius 2 is 2.42 bits per heavy atom.